The summed E-state index contributed by atoms with van der Waals surface area (Å²) in [5, 5.41) is 13.9. The fourth-order valence-electron chi connectivity index (χ4n) is 4.12. The molecule has 0 saturated carbocycles. The summed E-state index contributed by atoms with van der Waals surface area (Å²) in [6, 6.07) is 3.40. The number of imide groups is 1. The Kier molecular flexibility index (Phi) is 5.68. The molecule has 1 aromatic carbocycles. The van der Waals surface area contributed by atoms with Crippen molar-refractivity contribution in [3.63, 3.8) is 0 Å². The molecule has 3 aliphatic rings. The van der Waals surface area contributed by atoms with E-state index in [1.54, 1.807) is 4.90 Å². The number of amides is 4. The van der Waals surface area contributed by atoms with Gasteiger partial charge in [-0.15, -0.1) is 0 Å². The number of nitrogens with one attached hydrogen (secondary N) is 1. The number of fused-ring (bicyclic) bond motifs is 1. The van der Waals surface area contributed by atoms with Crippen LogP contribution in [0.2, 0.25) is 0 Å². The maximum Gasteiger partial charge on any atom is 0.270 e. The number of ether oxygens (including phenoxy) is 1. The summed E-state index contributed by atoms with van der Waals surface area (Å²) in [5.74, 6) is -1.85. The lowest BCUT2D eigenvalue weighted by Gasteiger charge is -2.33. The summed E-state index contributed by atoms with van der Waals surface area (Å²) in [7, 11) is 0. The lowest BCUT2D eigenvalue weighted by Crippen LogP contribution is -2.51. The van der Waals surface area contributed by atoms with E-state index in [0.29, 0.717) is 39.0 Å². The minimum Gasteiger partial charge on any atom is -0.368 e. The van der Waals surface area contributed by atoms with E-state index in [4.69, 9.17) is 4.74 Å². The van der Waals surface area contributed by atoms with Crippen molar-refractivity contribution in [3.8, 4) is 0 Å². The van der Waals surface area contributed by atoms with Crippen LogP contribution in [0, 0.1) is 10.1 Å². The molecule has 2 saturated heterocycles. The molecule has 2 fully saturated rings. The van der Waals surface area contributed by atoms with Crippen LogP contribution < -0.4 is 5.32 Å². The standard InChI is InChI=1S/C20H22N4O7/c25-17(22-7-5-12(6-8-22)21-18(26)16-2-1-9-31-16)11-23-19(27)14-4-3-13(24(29)30)10-15(14)20(23)28/h3-4,10,12,16H,1-2,5-9,11H2,(H,21,26). The molecule has 1 aromatic rings. The molecule has 0 aliphatic carbocycles. The molecule has 11 nitrogen and oxygen atoms in total. The molecule has 11 heteroatoms. The van der Waals surface area contributed by atoms with Gasteiger partial charge in [0.05, 0.1) is 16.1 Å². The highest BCUT2D eigenvalue weighted by Crippen LogP contribution is 2.27. The summed E-state index contributed by atoms with van der Waals surface area (Å²) in [6.07, 6.45) is 2.32. The lowest BCUT2D eigenvalue weighted by atomic mass is 10.0. The molecule has 1 N–H and O–H groups in total. The van der Waals surface area contributed by atoms with Crippen LogP contribution in [-0.2, 0) is 14.3 Å². The van der Waals surface area contributed by atoms with E-state index in [9.17, 15) is 29.3 Å². The molecule has 4 rings (SSSR count). The number of nitrogens with zero attached hydrogens (tertiary/aromatic N) is 3. The number of non-ortho nitro benzene ring substituents is 1. The van der Waals surface area contributed by atoms with Crippen molar-refractivity contribution in [3.05, 3.63) is 39.4 Å². The molecule has 0 spiro atoms. The molecule has 4 amide bonds. The summed E-state index contributed by atoms with van der Waals surface area (Å²) in [5.41, 5.74) is -0.304. The molecule has 0 radical (unpaired) electrons. The molecular weight excluding hydrogens is 408 g/mol. The van der Waals surface area contributed by atoms with E-state index in [2.05, 4.69) is 5.32 Å². The van der Waals surface area contributed by atoms with Crippen LogP contribution in [0.25, 0.3) is 0 Å². The van der Waals surface area contributed by atoms with Crippen molar-refractivity contribution in [2.45, 2.75) is 37.8 Å². The topological polar surface area (TPSA) is 139 Å². The van der Waals surface area contributed by atoms with Gasteiger partial charge in [0.25, 0.3) is 17.5 Å². The zero-order valence-electron chi connectivity index (χ0n) is 16.7. The largest absolute Gasteiger partial charge is 0.368 e. The smallest absolute Gasteiger partial charge is 0.270 e. The van der Waals surface area contributed by atoms with Crippen molar-refractivity contribution >= 4 is 29.3 Å². The number of hydrogen-bond donors (Lipinski definition) is 1. The van der Waals surface area contributed by atoms with Crippen LogP contribution in [0.1, 0.15) is 46.4 Å². The quantitative estimate of drug-likeness (QED) is 0.407. The number of nitro groups is 1. The Morgan fingerprint density at radius 2 is 1.84 bits per heavy atom. The van der Waals surface area contributed by atoms with Crippen LogP contribution >= 0.6 is 0 Å². The van der Waals surface area contributed by atoms with Gasteiger partial charge in [0.2, 0.25) is 11.8 Å². The van der Waals surface area contributed by atoms with Gasteiger partial charge in [0.15, 0.2) is 0 Å². The van der Waals surface area contributed by atoms with Crippen molar-refractivity contribution in [2.75, 3.05) is 26.2 Å². The Morgan fingerprint density at radius 1 is 1.13 bits per heavy atom. The first-order valence-corrected chi connectivity index (χ1v) is 10.2. The minimum atomic E-state index is -0.712. The Bertz CT molecular complexity index is 949. The Hall–Kier alpha value is -3.34. The number of hydrogen-bond acceptors (Lipinski definition) is 7. The van der Waals surface area contributed by atoms with Crippen LogP contribution in [0.5, 0.6) is 0 Å². The monoisotopic (exact) mass is 430 g/mol. The Balaban J connectivity index is 1.32. The summed E-state index contributed by atoms with van der Waals surface area (Å²) >= 11 is 0. The molecule has 3 aliphatic heterocycles. The first-order valence-electron chi connectivity index (χ1n) is 10.2. The summed E-state index contributed by atoms with van der Waals surface area (Å²) < 4.78 is 5.37. The number of carbonyl (C=O) groups is 4. The van der Waals surface area contributed by atoms with Crippen LogP contribution in [0.15, 0.2) is 18.2 Å². The third kappa shape index (κ3) is 4.13. The normalized spacial score (nSPS) is 21.4. The first kappa shape index (κ1) is 20.9. The van der Waals surface area contributed by atoms with Crippen molar-refractivity contribution in [1.82, 2.24) is 15.1 Å². The van der Waals surface area contributed by atoms with E-state index in [-0.39, 0.29) is 34.7 Å². The van der Waals surface area contributed by atoms with Crippen molar-refractivity contribution in [2.24, 2.45) is 0 Å². The average molecular weight is 430 g/mol. The van der Waals surface area contributed by atoms with Crippen molar-refractivity contribution in [1.29, 1.82) is 0 Å². The first-order chi connectivity index (χ1) is 14.8. The molecule has 31 heavy (non-hydrogen) atoms. The predicted molar refractivity (Wildman–Crippen MR) is 105 cm³/mol. The second-order valence-electron chi connectivity index (χ2n) is 7.85. The SMILES string of the molecule is O=C(NC1CCN(C(=O)CN2C(=O)c3ccc([N+](=O)[O-])cc3C2=O)CC1)C1CCCO1. The summed E-state index contributed by atoms with van der Waals surface area (Å²) in [6.45, 7) is 0.956. The number of benzene rings is 1. The zero-order valence-corrected chi connectivity index (χ0v) is 16.7. The van der Waals surface area contributed by atoms with Gasteiger partial charge in [0, 0.05) is 37.9 Å². The van der Waals surface area contributed by atoms with E-state index >= 15 is 0 Å². The Labute approximate surface area is 177 Å². The van der Waals surface area contributed by atoms with Crippen LogP contribution in [-0.4, -0.2) is 76.7 Å². The van der Waals surface area contributed by atoms with Gasteiger partial charge in [-0.25, -0.2) is 0 Å². The lowest BCUT2D eigenvalue weighted by molar-refractivity contribution is -0.384. The van der Waals surface area contributed by atoms with Crippen LogP contribution in [0.4, 0.5) is 5.69 Å². The molecule has 164 valence electrons. The van der Waals surface area contributed by atoms with Gasteiger partial charge in [-0.3, -0.25) is 34.2 Å². The molecule has 3 heterocycles. The molecule has 1 unspecified atom stereocenters. The Morgan fingerprint density at radius 3 is 2.48 bits per heavy atom. The van der Waals surface area contributed by atoms with E-state index in [1.807, 2.05) is 0 Å². The molecule has 0 bridgehead atoms. The van der Waals surface area contributed by atoms with Crippen LogP contribution in [0.3, 0.4) is 0 Å². The van der Waals surface area contributed by atoms with E-state index in [0.717, 1.165) is 23.5 Å². The second kappa shape index (κ2) is 8.42. The predicted octanol–water partition coefficient (Wildman–Crippen LogP) is 0.477. The highest BCUT2D eigenvalue weighted by Gasteiger charge is 2.39. The van der Waals surface area contributed by atoms with Crippen molar-refractivity contribution < 1.29 is 28.8 Å². The number of carbonyl (C=O) groups excluding carboxylic acids is 4. The summed E-state index contributed by atoms with van der Waals surface area (Å²) in [4.78, 5) is 62.6. The third-order valence-corrected chi connectivity index (χ3v) is 5.87. The van der Waals surface area contributed by atoms with E-state index < -0.39 is 29.4 Å². The number of rotatable bonds is 5. The highest BCUT2D eigenvalue weighted by atomic mass is 16.6. The van der Waals surface area contributed by atoms with E-state index in [1.165, 1.54) is 6.07 Å². The fraction of sp³-hybridized carbons (Fsp3) is 0.500. The minimum absolute atomic E-state index is 0.0546. The number of piperidine rings is 1. The third-order valence-electron chi connectivity index (χ3n) is 5.87. The van der Waals surface area contributed by atoms with Gasteiger partial charge in [-0.1, -0.05) is 0 Å². The fourth-order valence-corrected chi connectivity index (χ4v) is 4.12. The van der Waals surface area contributed by atoms with Gasteiger partial charge < -0.3 is 15.0 Å². The number of nitro benzene ring substituents is 1. The van der Waals surface area contributed by atoms with Gasteiger partial charge >= 0.3 is 0 Å². The molecule has 1 atom stereocenters. The van der Waals surface area contributed by atoms with Gasteiger partial charge in [-0.2, -0.15) is 0 Å². The second-order valence-corrected chi connectivity index (χ2v) is 7.85. The maximum absolute atomic E-state index is 12.7. The molecular formula is C20H22N4O7. The van der Waals surface area contributed by atoms with Gasteiger partial charge in [0.1, 0.15) is 12.6 Å². The average Bonchev–Trinajstić information content (AvgIpc) is 3.38. The maximum atomic E-state index is 12.7. The molecule has 0 aromatic heterocycles. The highest BCUT2D eigenvalue weighted by molar-refractivity contribution is 6.22. The number of likely N-dealkylation sites (tertiary alicyclic amines) is 1. The zero-order chi connectivity index (χ0) is 22.1. The van der Waals surface area contributed by atoms with Gasteiger partial charge in [-0.05, 0) is 31.7 Å².